The highest BCUT2D eigenvalue weighted by Gasteiger charge is 2.17. The van der Waals surface area contributed by atoms with Gasteiger partial charge in [-0.3, -0.25) is 0 Å². The van der Waals surface area contributed by atoms with Gasteiger partial charge in [0.1, 0.15) is 5.01 Å². The molecule has 1 aliphatic heterocycles. The molecule has 0 aromatic carbocycles. The second kappa shape index (κ2) is 2.20. The summed E-state index contributed by atoms with van der Waals surface area (Å²) in [6, 6.07) is 0. The van der Waals surface area contributed by atoms with Crippen molar-refractivity contribution in [2.75, 3.05) is 18.0 Å². The molecule has 1 aromatic rings. The summed E-state index contributed by atoms with van der Waals surface area (Å²) in [5.41, 5.74) is 0. The molecule has 1 fully saturated rings. The van der Waals surface area contributed by atoms with Crippen LogP contribution in [0.2, 0.25) is 0 Å². The van der Waals surface area contributed by atoms with Crippen molar-refractivity contribution in [1.82, 2.24) is 9.36 Å². The molecule has 0 N–H and O–H groups in total. The zero-order valence-corrected chi connectivity index (χ0v) is 6.69. The van der Waals surface area contributed by atoms with Gasteiger partial charge in [-0.1, -0.05) is 0 Å². The summed E-state index contributed by atoms with van der Waals surface area (Å²) < 4.78 is 4.19. The van der Waals surface area contributed by atoms with Gasteiger partial charge in [0.05, 0.1) is 0 Å². The Labute approximate surface area is 63.9 Å². The van der Waals surface area contributed by atoms with Crippen molar-refractivity contribution in [2.45, 2.75) is 13.3 Å². The summed E-state index contributed by atoms with van der Waals surface area (Å²) in [6.07, 6.45) is 1.29. The highest BCUT2D eigenvalue weighted by Crippen LogP contribution is 2.17. The van der Waals surface area contributed by atoms with Gasteiger partial charge in [0.15, 0.2) is 0 Å². The molecule has 0 atom stereocenters. The summed E-state index contributed by atoms with van der Waals surface area (Å²) in [6.45, 7) is 4.26. The topological polar surface area (TPSA) is 29.0 Å². The minimum atomic E-state index is 0.925. The van der Waals surface area contributed by atoms with E-state index in [1.165, 1.54) is 18.0 Å². The lowest BCUT2D eigenvalue weighted by atomic mass is 10.2. The first-order valence-electron chi connectivity index (χ1n) is 3.41. The van der Waals surface area contributed by atoms with Crippen molar-refractivity contribution in [3.63, 3.8) is 0 Å². The maximum atomic E-state index is 4.27. The molecule has 1 aromatic heterocycles. The summed E-state index contributed by atoms with van der Waals surface area (Å²) in [7, 11) is 0. The van der Waals surface area contributed by atoms with E-state index in [4.69, 9.17) is 0 Å². The minimum Gasteiger partial charge on any atom is -0.340 e. The van der Waals surface area contributed by atoms with E-state index >= 15 is 0 Å². The summed E-state index contributed by atoms with van der Waals surface area (Å²) in [5, 5.41) is 1.06. The van der Waals surface area contributed by atoms with Crippen LogP contribution in [0.5, 0.6) is 0 Å². The van der Waals surface area contributed by atoms with Gasteiger partial charge in [-0.25, -0.2) is 4.98 Å². The fourth-order valence-electron chi connectivity index (χ4n) is 0.933. The number of nitrogens with zero attached hydrogens (tertiary/aromatic N) is 3. The van der Waals surface area contributed by atoms with Gasteiger partial charge in [0.2, 0.25) is 5.95 Å². The van der Waals surface area contributed by atoms with Crippen LogP contribution in [0.15, 0.2) is 0 Å². The molecule has 10 heavy (non-hydrogen) atoms. The van der Waals surface area contributed by atoms with Crippen molar-refractivity contribution in [2.24, 2.45) is 0 Å². The Hall–Kier alpha value is -0.640. The lowest BCUT2D eigenvalue weighted by Crippen LogP contribution is -2.37. The van der Waals surface area contributed by atoms with Crippen molar-refractivity contribution in [3.8, 4) is 0 Å². The van der Waals surface area contributed by atoms with E-state index in [0.29, 0.717) is 0 Å². The maximum Gasteiger partial charge on any atom is 0.237 e. The van der Waals surface area contributed by atoms with Gasteiger partial charge in [0, 0.05) is 13.1 Å². The first-order chi connectivity index (χ1) is 4.86. The zero-order chi connectivity index (χ0) is 6.97. The number of aromatic nitrogens is 2. The van der Waals surface area contributed by atoms with Crippen molar-refractivity contribution in [1.29, 1.82) is 0 Å². The van der Waals surface area contributed by atoms with E-state index in [0.717, 1.165) is 24.0 Å². The van der Waals surface area contributed by atoms with Gasteiger partial charge in [-0.05, 0) is 24.9 Å². The Kier molecular flexibility index (Phi) is 1.34. The van der Waals surface area contributed by atoms with Gasteiger partial charge in [-0.15, -0.1) is 0 Å². The van der Waals surface area contributed by atoms with E-state index in [1.54, 1.807) is 0 Å². The van der Waals surface area contributed by atoms with Crippen LogP contribution in [-0.4, -0.2) is 22.4 Å². The Morgan fingerprint density at radius 3 is 2.70 bits per heavy atom. The predicted molar refractivity (Wildman–Crippen MR) is 41.5 cm³/mol. The summed E-state index contributed by atoms with van der Waals surface area (Å²) in [4.78, 5) is 6.46. The molecular formula is C6H9N3S. The molecule has 0 bridgehead atoms. The maximum absolute atomic E-state index is 4.27. The van der Waals surface area contributed by atoms with Crippen LogP contribution in [0.4, 0.5) is 5.95 Å². The Bertz CT molecular complexity index is 229. The second-order valence-electron chi connectivity index (χ2n) is 2.45. The molecule has 0 aliphatic carbocycles. The van der Waals surface area contributed by atoms with Crippen molar-refractivity contribution in [3.05, 3.63) is 5.01 Å². The van der Waals surface area contributed by atoms with Crippen LogP contribution in [0.3, 0.4) is 0 Å². The average molecular weight is 155 g/mol. The molecule has 0 unspecified atom stereocenters. The molecular weight excluding hydrogens is 146 g/mol. The molecule has 1 saturated heterocycles. The molecule has 1 aliphatic rings. The average Bonchev–Trinajstić information content (AvgIpc) is 2.10. The SMILES string of the molecule is Cc1nc(N2CCC2)ns1. The van der Waals surface area contributed by atoms with Crippen LogP contribution in [0, 0.1) is 6.92 Å². The first kappa shape index (κ1) is 6.09. The van der Waals surface area contributed by atoms with Gasteiger partial charge in [-0.2, -0.15) is 4.37 Å². The van der Waals surface area contributed by atoms with Gasteiger partial charge < -0.3 is 4.90 Å². The summed E-state index contributed by atoms with van der Waals surface area (Å²) >= 11 is 1.48. The third kappa shape index (κ3) is 0.883. The van der Waals surface area contributed by atoms with Crippen LogP contribution in [0.1, 0.15) is 11.4 Å². The Morgan fingerprint density at radius 1 is 1.50 bits per heavy atom. The number of aryl methyl sites for hydroxylation is 1. The number of anilines is 1. The highest BCUT2D eigenvalue weighted by atomic mass is 32.1. The van der Waals surface area contributed by atoms with Gasteiger partial charge in [0.25, 0.3) is 0 Å². The molecule has 0 saturated carbocycles. The minimum absolute atomic E-state index is 0.925. The monoisotopic (exact) mass is 155 g/mol. The van der Waals surface area contributed by atoms with Crippen LogP contribution in [-0.2, 0) is 0 Å². The lowest BCUT2D eigenvalue weighted by molar-refractivity contribution is 0.604. The number of rotatable bonds is 1. The lowest BCUT2D eigenvalue weighted by Gasteiger charge is -2.29. The molecule has 3 nitrogen and oxygen atoms in total. The van der Waals surface area contributed by atoms with E-state index in [9.17, 15) is 0 Å². The zero-order valence-electron chi connectivity index (χ0n) is 5.87. The molecule has 2 heterocycles. The van der Waals surface area contributed by atoms with E-state index < -0.39 is 0 Å². The quantitative estimate of drug-likeness (QED) is 0.607. The standard InChI is InChI=1S/C6H9N3S/c1-5-7-6(8-10-5)9-3-2-4-9/h2-4H2,1H3. The molecule has 0 spiro atoms. The van der Waals surface area contributed by atoms with Crippen LogP contribution < -0.4 is 4.90 Å². The molecule has 4 heteroatoms. The van der Waals surface area contributed by atoms with Crippen LogP contribution >= 0.6 is 11.5 Å². The predicted octanol–water partition coefficient (Wildman–Crippen LogP) is 1.06. The fourth-order valence-corrected chi connectivity index (χ4v) is 1.43. The first-order valence-corrected chi connectivity index (χ1v) is 4.19. The number of hydrogen-bond donors (Lipinski definition) is 0. The molecule has 2 rings (SSSR count). The van der Waals surface area contributed by atoms with Gasteiger partial charge >= 0.3 is 0 Å². The van der Waals surface area contributed by atoms with E-state index in [2.05, 4.69) is 14.3 Å². The largest absolute Gasteiger partial charge is 0.340 e. The highest BCUT2D eigenvalue weighted by molar-refractivity contribution is 7.05. The molecule has 0 amide bonds. The third-order valence-electron chi connectivity index (χ3n) is 1.66. The second-order valence-corrected chi connectivity index (χ2v) is 3.41. The summed E-state index contributed by atoms with van der Waals surface area (Å²) in [5.74, 6) is 0.925. The smallest absolute Gasteiger partial charge is 0.237 e. The Balaban J connectivity index is 2.17. The van der Waals surface area contributed by atoms with Crippen molar-refractivity contribution < 1.29 is 0 Å². The van der Waals surface area contributed by atoms with Crippen LogP contribution in [0.25, 0.3) is 0 Å². The Morgan fingerprint density at radius 2 is 2.30 bits per heavy atom. The normalized spacial score (nSPS) is 17.1. The molecule has 54 valence electrons. The number of hydrogen-bond acceptors (Lipinski definition) is 4. The van der Waals surface area contributed by atoms with E-state index in [-0.39, 0.29) is 0 Å². The third-order valence-corrected chi connectivity index (χ3v) is 2.27. The fraction of sp³-hybridized carbons (Fsp3) is 0.667. The van der Waals surface area contributed by atoms with Crippen molar-refractivity contribution >= 4 is 17.5 Å². The molecule has 0 radical (unpaired) electrons. The van der Waals surface area contributed by atoms with E-state index in [1.807, 2.05) is 6.92 Å².